The molecule has 0 N–H and O–H groups in total. The minimum atomic E-state index is -0.538. The van der Waals surface area contributed by atoms with E-state index in [9.17, 15) is 13.6 Å². The summed E-state index contributed by atoms with van der Waals surface area (Å²) in [6.07, 6.45) is 1.88. The van der Waals surface area contributed by atoms with Gasteiger partial charge in [-0.3, -0.25) is 14.3 Å². The molecule has 0 radical (unpaired) electrons. The highest BCUT2D eigenvalue weighted by Crippen LogP contribution is 2.21. The van der Waals surface area contributed by atoms with Gasteiger partial charge in [0.05, 0.1) is 10.9 Å². The zero-order chi connectivity index (χ0) is 19.7. The van der Waals surface area contributed by atoms with Gasteiger partial charge in [0.15, 0.2) is 0 Å². The third kappa shape index (κ3) is 3.97. The molecule has 1 fully saturated rings. The van der Waals surface area contributed by atoms with E-state index in [-0.39, 0.29) is 5.56 Å². The molecule has 1 aliphatic heterocycles. The van der Waals surface area contributed by atoms with Gasteiger partial charge in [-0.15, -0.1) is 0 Å². The summed E-state index contributed by atoms with van der Waals surface area (Å²) in [6, 6.07) is 11.1. The molecule has 1 saturated heterocycles. The van der Waals surface area contributed by atoms with E-state index >= 15 is 0 Å². The lowest BCUT2D eigenvalue weighted by Gasteiger charge is -2.32. The van der Waals surface area contributed by atoms with Crippen LogP contribution in [-0.4, -0.2) is 27.5 Å². The monoisotopic (exact) mass is 383 g/mol. The van der Waals surface area contributed by atoms with E-state index in [1.807, 2.05) is 31.2 Å². The van der Waals surface area contributed by atoms with Crippen molar-refractivity contribution in [1.82, 2.24) is 14.5 Å². The van der Waals surface area contributed by atoms with E-state index in [0.29, 0.717) is 30.0 Å². The van der Waals surface area contributed by atoms with E-state index in [0.717, 1.165) is 43.3 Å². The largest absolute Gasteiger partial charge is 0.299 e. The Bertz CT molecular complexity index is 1040. The summed E-state index contributed by atoms with van der Waals surface area (Å²) in [5.74, 6) is 0.0494. The lowest BCUT2D eigenvalue weighted by Crippen LogP contribution is -2.36. The van der Waals surface area contributed by atoms with Crippen LogP contribution in [0.25, 0.3) is 10.9 Å². The Labute approximate surface area is 162 Å². The first-order valence-corrected chi connectivity index (χ1v) is 9.63. The Kier molecular flexibility index (Phi) is 5.22. The zero-order valence-electron chi connectivity index (χ0n) is 15.9. The van der Waals surface area contributed by atoms with E-state index < -0.39 is 11.6 Å². The van der Waals surface area contributed by atoms with E-state index in [2.05, 4.69) is 9.88 Å². The molecule has 0 spiro atoms. The van der Waals surface area contributed by atoms with Gasteiger partial charge in [-0.05, 0) is 68.6 Å². The molecule has 28 heavy (non-hydrogen) atoms. The maximum atomic E-state index is 13.4. The summed E-state index contributed by atoms with van der Waals surface area (Å²) in [7, 11) is 0. The molecule has 0 unspecified atom stereocenters. The fraction of sp³-hybridized carbons (Fsp3) is 0.364. The third-order valence-electron chi connectivity index (χ3n) is 5.53. The Morgan fingerprint density at radius 2 is 1.75 bits per heavy atom. The van der Waals surface area contributed by atoms with Gasteiger partial charge in [-0.25, -0.2) is 13.8 Å². The van der Waals surface area contributed by atoms with Gasteiger partial charge in [0.25, 0.3) is 5.56 Å². The lowest BCUT2D eigenvalue weighted by atomic mass is 9.96. The number of para-hydroxylation sites is 1. The smallest absolute Gasteiger partial charge is 0.261 e. The number of nitrogens with zero attached hydrogens (tertiary/aromatic N) is 3. The molecule has 0 bridgehead atoms. The Hall–Kier alpha value is -2.60. The van der Waals surface area contributed by atoms with E-state index in [1.54, 1.807) is 4.57 Å². The van der Waals surface area contributed by atoms with Crippen molar-refractivity contribution in [2.45, 2.75) is 32.9 Å². The number of fused-ring (bicyclic) bond motifs is 1. The normalized spacial score (nSPS) is 16.0. The Morgan fingerprint density at radius 3 is 2.46 bits per heavy atom. The van der Waals surface area contributed by atoms with Crippen LogP contribution in [0.1, 0.15) is 24.2 Å². The number of hydrogen-bond donors (Lipinski definition) is 0. The van der Waals surface area contributed by atoms with Crippen molar-refractivity contribution in [3.63, 3.8) is 0 Å². The van der Waals surface area contributed by atoms with Crippen LogP contribution in [0.15, 0.2) is 47.3 Å². The van der Waals surface area contributed by atoms with Crippen LogP contribution in [0.2, 0.25) is 0 Å². The average molecular weight is 383 g/mol. The topological polar surface area (TPSA) is 38.1 Å². The second-order valence-electron chi connectivity index (χ2n) is 7.59. The molecule has 6 heteroatoms. The fourth-order valence-electron chi connectivity index (χ4n) is 4.04. The van der Waals surface area contributed by atoms with Gasteiger partial charge >= 0.3 is 0 Å². The maximum Gasteiger partial charge on any atom is 0.261 e. The summed E-state index contributed by atoms with van der Waals surface area (Å²) in [5.41, 5.74) is 1.40. The molecule has 0 aliphatic carbocycles. The molecular weight excluding hydrogens is 360 g/mol. The summed E-state index contributed by atoms with van der Waals surface area (Å²) < 4.78 is 28.5. The minimum Gasteiger partial charge on any atom is -0.299 e. The molecule has 3 aromatic rings. The van der Waals surface area contributed by atoms with Crippen molar-refractivity contribution in [2.75, 3.05) is 13.1 Å². The zero-order valence-corrected chi connectivity index (χ0v) is 15.9. The van der Waals surface area contributed by atoms with Crippen LogP contribution in [-0.2, 0) is 13.1 Å². The molecule has 0 saturated carbocycles. The minimum absolute atomic E-state index is 0.0146. The van der Waals surface area contributed by atoms with Crippen LogP contribution in [0.5, 0.6) is 0 Å². The van der Waals surface area contributed by atoms with Crippen LogP contribution in [0.4, 0.5) is 8.78 Å². The maximum absolute atomic E-state index is 13.4. The SMILES string of the molecule is Cc1nc2ccccc2c(=O)n1CC1CCN(Cc2cc(F)cc(F)c2)CC1. The van der Waals surface area contributed by atoms with Crippen molar-refractivity contribution in [1.29, 1.82) is 0 Å². The summed E-state index contributed by atoms with van der Waals surface area (Å²) >= 11 is 0. The number of benzene rings is 2. The number of halogens is 2. The van der Waals surface area contributed by atoms with Gasteiger partial charge in [0.2, 0.25) is 0 Å². The van der Waals surface area contributed by atoms with Crippen LogP contribution >= 0.6 is 0 Å². The van der Waals surface area contributed by atoms with E-state index in [4.69, 9.17) is 0 Å². The van der Waals surface area contributed by atoms with Crippen molar-refractivity contribution in [2.24, 2.45) is 5.92 Å². The standard InChI is InChI=1S/C22H23F2N3O/c1-15-25-21-5-3-2-4-20(21)22(28)27(15)14-16-6-8-26(9-7-16)13-17-10-18(23)12-19(24)11-17/h2-5,10-12,16H,6-9,13-14H2,1H3. The second-order valence-corrected chi connectivity index (χ2v) is 7.59. The molecule has 0 amide bonds. The molecule has 1 aromatic heterocycles. The van der Waals surface area contributed by atoms with Crippen LogP contribution < -0.4 is 5.56 Å². The molecular formula is C22H23F2N3O. The van der Waals surface area contributed by atoms with Gasteiger partial charge in [0.1, 0.15) is 17.5 Å². The molecule has 2 heterocycles. The number of piperidine rings is 1. The fourth-order valence-corrected chi connectivity index (χ4v) is 4.04. The number of likely N-dealkylation sites (tertiary alicyclic amines) is 1. The van der Waals surface area contributed by atoms with E-state index in [1.165, 1.54) is 12.1 Å². The molecule has 2 aromatic carbocycles. The van der Waals surface area contributed by atoms with Crippen molar-refractivity contribution >= 4 is 10.9 Å². The lowest BCUT2D eigenvalue weighted by molar-refractivity contribution is 0.165. The predicted molar refractivity (Wildman–Crippen MR) is 105 cm³/mol. The summed E-state index contributed by atoms with van der Waals surface area (Å²) in [4.78, 5) is 19.6. The van der Waals surface area contributed by atoms with Crippen molar-refractivity contribution in [3.05, 3.63) is 75.8 Å². The summed E-state index contributed by atoms with van der Waals surface area (Å²) in [6.45, 7) is 4.76. The second kappa shape index (κ2) is 7.80. The van der Waals surface area contributed by atoms with Crippen LogP contribution in [0.3, 0.4) is 0 Å². The number of aromatic nitrogens is 2. The highest BCUT2D eigenvalue weighted by molar-refractivity contribution is 5.77. The first-order chi connectivity index (χ1) is 13.5. The molecule has 1 aliphatic rings. The van der Waals surface area contributed by atoms with Crippen molar-refractivity contribution in [3.8, 4) is 0 Å². The molecule has 146 valence electrons. The molecule has 0 atom stereocenters. The van der Waals surface area contributed by atoms with Gasteiger partial charge in [0, 0.05) is 19.2 Å². The van der Waals surface area contributed by atoms with Gasteiger partial charge < -0.3 is 0 Å². The third-order valence-corrected chi connectivity index (χ3v) is 5.53. The molecule has 4 rings (SSSR count). The van der Waals surface area contributed by atoms with Crippen LogP contribution in [0, 0.1) is 24.5 Å². The first kappa shape index (κ1) is 18.7. The highest BCUT2D eigenvalue weighted by Gasteiger charge is 2.21. The summed E-state index contributed by atoms with van der Waals surface area (Å²) in [5, 5.41) is 0.652. The average Bonchev–Trinajstić information content (AvgIpc) is 2.66. The highest BCUT2D eigenvalue weighted by atomic mass is 19.1. The van der Waals surface area contributed by atoms with Crippen molar-refractivity contribution < 1.29 is 8.78 Å². The van der Waals surface area contributed by atoms with Gasteiger partial charge in [-0.2, -0.15) is 0 Å². The molecule has 4 nitrogen and oxygen atoms in total. The predicted octanol–water partition coefficient (Wildman–Crippen LogP) is 3.90. The first-order valence-electron chi connectivity index (χ1n) is 9.63. The number of rotatable bonds is 4. The Morgan fingerprint density at radius 1 is 1.07 bits per heavy atom. The Balaban J connectivity index is 1.42. The number of aryl methyl sites for hydroxylation is 1. The number of hydrogen-bond acceptors (Lipinski definition) is 3. The quantitative estimate of drug-likeness (QED) is 0.686. The van der Waals surface area contributed by atoms with Gasteiger partial charge in [-0.1, -0.05) is 12.1 Å².